The molecule has 3 N–H and O–H groups in total. The average molecular weight is 778 g/mol. The van der Waals surface area contributed by atoms with Crippen LogP contribution in [0.25, 0.3) is 6.08 Å². The van der Waals surface area contributed by atoms with Crippen molar-refractivity contribution in [1.29, 1.82) is 0 Å². The molecule has 14 nitrogen and oxygen atoms in total. The van der Waals surface area contributed by atoms with Gasteiger partial charge in [0.15, 0.2) is 0 Å². The van der Waals surface area contributed by atoms with Gasteiger partial charge in [-0.25, -0.2) is 18.0 Å². The van der Waals surface area contributed by atoms with Crippen LogP contribution in [0.1, 0.15) is 101 Å². The van der Waals surface area contributed by atoms with E-state index in [2.05, 4.69) is 34.1 Å². The number of amides is 5. The molecule has 4 aliphatic carbocycles. The molecule has 7 atom stereocenters. The molecule has 7 aliphatic rings. The SMILES string of the molecule is C=C[C@@H]1C[C@]1(NC(=O)[C@@H]1C[C@@H]2CN1C(=O)[C@H](C1CCCCC1)NC(=O)O[C@]1(C)C[C@H]1CC/C=C/c1cccc3c1CN(C3)C(=O)O2)C(=O)NS(=O)(=O)C1CC1. The Bertz CT molecular complexity index is 1930. The quantitative estimate of drug-likeness (QED) is 0.345. The molecule has 0 aromatic heterocycles. The van der Waals surface area contributed by atoms with Gasteiger partial charge in [0, 0.05) is 24.8 Å². The van der Waals surface area contributed by atoms with Crippen LogP contribution in [-0.2, 0) is 47.0 Å². The number of carbonyl (C=O) groups is 5. The van der Waals surface area contributed by atoms with Crippen LogP contribution in [0.3, 0.4) is 0 Å². The summed E-state index contributed by atoms with van der Waals surface area (Å²) in [4.78, 5) is 72.9. The van der Waals surface area contributed by atoms with Gasteiger partial charge in [-0.05, 0) is 80.9 Å². The molecule has 1 saturated heterocycles. The van der Waals surface area contributed by atoms with Gasteiger partial charge in [-0.1, -0.05) is 55.7 Å². The standard InChI is InChI=1S/C40H51N5O9S/c1-3-27-20-40(27,36(48)43-55(51,52)30-16-17-30)42-34(46)32-18-29-22-45(32)35(47)33(25-11-5-4-6-12-25)41-37(49)54-39(2)19-28(39)15-8-7-10-24-13-9-14-26-21-44(23-31(24)26)38(50)53-29/h3,7,9-10,13-14,25,27-30,32-33H,1,4-6,8,11-12,15-23H2,2H3,(H,41,49)(H,42,46)(H,43,48)/b10-7+/t27-,28-,29-,32+,33+,39-,40-/m1/s1. The zero-order valence-corrected chi connectivity index (χ0v) is 32.1. The Kier molecular flexibility index (Phi) is 9.74. The summed E-state index contributed by atoms with van der Waals surface area (Å²) in [5.74, 6) is -2.60. The van der Waals surface area contributed by atoms with Crippen molar-refractivity contribution in [3.05, 3.63) is 53.6 Å². The Morgan fingerprint density at radius 1 is 1.04 bits per heavy atom. The molecule has 3 aliphatic heterocycles. The predicted octanol–water partition coefficient (Wildman–Crippen LogP) is 4.04. The van der Waals surface area contributed by atoms with E-state index in [-0.39, 0.29) is 31.2 Å². The second-order valence-electron chi connectivity index (χ2n) is 16.9. The van der Waals surface area contributed by atoms with Gasteiger partial charge in [-0.3, -0.25) is 24.0 Å². The topological polar surface area (TPSA) is 181 Å². The van der Waals surface area contributed by atoms with E-state index in [1.807, 2.05) is 25.1 Å². The summed E-state index contributed by atoms with van der Waals surface area (Å²) in [5, 5.41) is 5.05. The number of nitrogens with one attached hydrogen (secondary N) is 3. The van der Waals surface area contributed by atoms with Crippen molar-refractivity contribution in [3.63, 3.8) is 0 Å². The number of fused-ring (bicyclic) bond motifs is 4. The van der Waals surface area contributed by atoms with Gasteiger partial charge in [0.1, 0.15) is 29.3 Å². The number of ether oxygens (including phenoxy) is 2. The van der Waals surface area contributed by atoms with Crippen LogP contribution < -0.4 is 15.4 Å². The van der Waals surface area contributed by atoms with E-state index in [0.29, 0.717) is 45.2 Å². The third-order valence-corrected chi connectivity index (χ3v) is 14.8. The number of alkyl carbamates (subject to hydrolysis) is 1. The minimum atomic E-state index is -3.91. The summed E-state index contributed by atoms with van der Waals surface area (Å²) in [6.07, 6.45) is 11.0. The molecule has 4 saturated carbocycles. The number of hydrogen-bond donors (Lipinski definition) is 3. The van der Waals surface area contributed by atoms with Gasteiger partial charge in [-0.15, -0.1) is 6.58 Å². The Balaban J connectivity index is 1.08. The number of nitrogens with zero attached hydrogens (tertiary/aromatic N) is 2. The summed E-state index contributed by atoms with van der Waals surface area (Å²) in [6.45, 7) is 6.29. The van der Waals surface area contributed by atoms with Crippen LogP contribution in [0.5, 0.6) is 0 Å². The molecule has 5 fully saturated rings. The van der Waals surface area contributed by atoms with E-state index in [4.69, 9.17) is 9.47 Å². The Morgan fingerprint density at radius 3 is 2.55 bits per heavy atom. The minimum Gasteiger partial charge on any atom is -0.444 e. The molecule has 8 rings (SSSR count). The molecule has 296 valence electrons. The second-order valence-corrected chi connectivity index (χ2v) is 18.8. The molecule has 1 aromatic rings. The van der Waals surface area contributed by atoms with Crippen molar-refractivity contribution in [1.82, 2.24) is 25.2 Å². The second kappa shape index (κ2) is 14.3. The number of hydrogen-bond acceptors (Lipinski definition) is 9. The lowest BCUT2D eigenvalue weighted by Crippen LogP contribution is -2.59. The van der Waals surface area contributed by atoms with Gasteiger partial charge < -0.3 is 25.0 Å². The largest absolute Gasteiger partial charge is 0.444 e. The lowest BCUT2D eigenvalue weighted by Gasteiger charge is -2.35. The zero-order valence-electron chi connectivity index (χ0n) is 31.3. The van der Waals surface area contributed by atoms with Gasteiger partial charge in [0.25, 0.3) is 5.91 Å². The maximum absolute atomic E-state index is 14.8. The molecule has 15 heteroatoms. The summed E-state index contributed by atoms with van der Waals surface area (Å²) in [6, 6.07) is 3.79. The smallest absolute Gasteiger partial charge is 0.410 e. The summed E-state index contributed by atoms with van der Waals surface area (Å²) in [7, 11) is -3.91. The third-order valence-electron chi connectivity index (χ3n) is 13.0. The van der Waals surface area contributed by atoms with Crippen molar-refractivity contribution in [3.8, 4) is 0 Å². The van der Waals surface area contributed by atoms with E-state index in [1.54, 1.807) is 4.90 Å². The highest BCUT2D eigenvalue weighted by Crippen LogP contribution is 2.50. The number of allylic oxidation sites excluding steroid dienone is 1. The van der Waals surface area contributed by atoms with Crippen LogP contribution >= 0.6 is 0 Å². The van der Waals surface area contributed by atoms with Crippen LogP contribution in [0.15, 0.2) is 36.9 Å². The highest BCUT2D eigenvalue weighted by atomic mass is 32.2. The van der Waals surface area contributed by atoms with Crippen molar-refractivity contribution in [2.75, 3.05) is 6.54 Å². The fraction of sp³-hybridized carbons (Fsp3) is 0.625. The van der Waals surface area contributed by atoms with E-state index >= 15 is 0 Å². The fourth-order valence-corrected chi connectivity index (χ4v) is 10.6. The van der Waals surface area contributed by atoms with Gasteiger partial charge in [0.05, 0.1) is 18.3 Å². The number of sulfonamides is 1. The maximum Gasteiger partial charge on any atom is 0.410 e. The molecular formula is C40H51N5O9S. The molecule has 3 heterocycles. The van der Waals surface area contributed by atoms with Crippen molar-refractivity contribution in [2.24, 2.45) is 17.8 Å². The lowest BCUT2D eigenvalue weighted by atomic mass is 9.83. The van der Waals surface area contributed by atoms with Crippen molar-refractivity contribution in [2.45, 2.75) is 132 Å². The van der Waals surface area contributed by atoms with Crippen LogP contribution in [0.4, 0.5) is 9.59 Å². The van der Waals surface area contributed by atoms with E-state index in [9.17, 15) is 32.4 Å². The molecule has 0 spiro atoms. The number of rotatable bonds is 7. The molecule has 55 heavy (non-hydrogen) atoms. The Labute approximate surface area is 321 Å². The number of benzene rings is 1. The summed E-state index contributed by atoms with van der Waals surface area (Å²) in [5.41, 5.74) is 0.840. The van der Waals surface area contributed by atoms with Crippen LogP contribution in [0.2, 0.25) is 0 Å². The molecule has 4 bridgehead atoms. The van der Waals surface area contributed by atoms with E-state index in [1.165, 1.54) is 11.0 Å². The van der Waals surface area contributed by atoms with Crippen molar-refractivity contribution >= 4 is 46.0 Å². The van der Waals surface area contributed by atoms with Crippen molar-refractivity contribution < 1.29 is 41.9 Å². The summed E-state index contributed by atoms with van der Waals surface area (Å²) >= 11 is 0. The monoisotopic (exact) mass is 777 g/mol. The molecule has 0 radical (unpaired) electrons. The first-order chi connectivity index (χ1) is 26.3. The molecule has 0 unspecified atom stereocenters. The average Bonchev–Trinajstić information content (AvgIpc) is 4.11. The highest BCUT2D eigenvalue weighted by Gasteiger charge is 2.62. The first kappa shape index (κ1) is 37.5. The lowest BCUT2D eigenvalue weighted by molar-refractivity contribution is -0.142. The minimum absolute atomic E-state index is 0.0590. The molecular weight excluding hydrogens is 727 g/mol. The third kappa shape index (κ3) is 7.48. The number of carbonyl (C=O) groups excluding carboxylic acids is 5. The molecule has 5 amide bonds. The maximum atomic E-state index is 14.8. The first-order valence-corrected chi connectivity index (χ1v) is 21.4. The van der Waals surface area contributed by atoms with E-state index in [0.717, 1.165) is 48.8 Å². The van der Waals surface area contributed by atoms with Crippen LogP contribution in [-0.4, -0.2) is 89.2 Å². The zero-order chi connectivity index (χ0) is 38.7. The molecule has 1 aromatic carbocycles. The Hall–Kier alpha value is -4.40. The first-order valence-electron chi connectivity index (χ1n) is 19.8. The Morgan fingerprint density at radius 2 is 1.82 bits per heavy atom. The van der Waals surface area contributed by atoms with Gasteiger partial charge in [0.2, 0.25) is 21.8 Å². The highest BCUT2D eigenvalue weighted by molar-refractivity contribution is 7.91. The van der Waals surface area contributed by atoms with Crippen LogP contribution in [0, 0.1) is 17.8 Å². The van der Waals surface area contributed by atoms with Gasteiger partial charge >= 0.3 is 12.2 Å². The normalized spacial score (nSPS) is 34.3. The summed E-state index contributed by atoms with van der Waals surface area (Å²) < 4.78 is 39.7. The predicted molar refractivity (Wildman–Crippen MR) is 200 cm³/mol. The van der Waals surface area contributed by atoms with Gasteiger partial charge in [-0.2, -0.15) is 0 Å². The van der Waals surface area contributed by atoms with E-state index < -0.39 is 80.4 Å². The fourth-order valence-electron chi connectivity index (χ4n) is 9.21.